The molecule has 11 heteroatoms. The smallest absolute Gasteiger partial charge is 0.326 e. The van der Waals surface area contributed by atoms with Gasteiger partial charge in [0.05, 0.1) is 13.2 Å². The minimum Gasteiger partial charge on any atom is -0.508 e. The second-order valence-electron chi connectivity index (χ2n) is 7.01. The number of benzene rings is 1. The van der Waals surface area contributed by atoms with E-state index in [1.165, 1.54) is 12.1 Å². The van der Waals surface area contributed by atoms with Crippen LogP contribution in [0.2, 0.25) is 0 Å². The highest BCUT2D eigenvalue weighted by molar-refractivity contribution is 5.93. The summed E-state index contributed by atoms with van der Waals surface area (Å²) in [4.78, 5) is 48.1. The highest BCUT2D eigenvalue weighted by atomic mass is 16.4. The molecule has 3 amide bonds. The summed E-state index contributed by atoms with van der Waals surface area (Å²) in [6.45, 7) is 2.12. The SMILES string of the molecule is CC(C)C(NC(=O)C(Cc1ccc(O)cc1)NC(=O)C(CO)NC(=O)CN)C(=O)O. The Kier molecular flexibility index (Phi) is 9.72. The number of hydrogen-bond acceptors (Lipinski definition) is 7. The molecule has 0 aliphatic rings. The maximum Gasteiger partial charge on any atom is 0.326 e. The first kappa shape index (κ1) is 24.9. The number of phenols is 1. The molecule has 8 N–H and O–H groups in total. The molecule has 0 heterocycles. The van der Waals surface area contributed by atoms with Gasteiger partial charge in [0.25, 0.3) is 0 Å². The molecule has 0 spiro atoms. The maximum atomic E-state index is 12.8. The number of aliphatic carboxylic acids is 1. The van der Waals surface area contributed by atoms with E-state index in [4.69, 9.17) is 5.73 Å². The number of nitrogens with two attached hydrogens (primary N) is 1. The van der Waals surface area contributed by atoms with Gasteiger partial charge in [0.15, 0.2) is 0 Å². The van der Waals surface area contributed by atoms with Crippen molar-refractivity contribution in [2.75, 3.05) is 13.2 Å². The van der Waals surface area contributed by atoms with Crippen LogP contribution in [0.15, 0.2) is 24.3 Å². The molecule has 1 aromatic rings. The number of carboxylic acids is 1. The zero-order valence-corrected chi connectivity index (χ0v) is 16.8. The van der Waals surface area contributed by atoms with Crippen molar-refractivity contribution in [2.45, 2.75) is 38.4 Å². The molecule has 3 unspecified atom stereocenters. The Bertz CT molecular complexity index is 752. The molecule has 1 rings (SSSR count). The Labute approximate surface area is 173 Å². The standard InChI is InChI=1S/C19H28N4O7/c1-10(2)16(19(29)30)23-17(27)13(7-11-3-5-12(25)6-4-11)22-18(28)14(9-24)21-15(26)8-20/h3-6,10,13-14,16,24-25H,7-9,20H2,1-2H3,(H,21,26)(H,22,28)(H,23,27)(H,29,30). The number of carboxylic acid groups (broad SMARTS) is 1. The highest BCUT2D eigenvalue weighted by Crippen LogP contribution is 2.12. The summed E-state index contributed by atoms with van der Waals surface area (Å²) < 4.78 is 0. The van der Waals surface area contributed by atoms with Crippen molar-refractivity contribution >= 4 is 23.7 Å². The molecule has 0 saturated heterocycles. The number of aromatic hydroxyl groups is 1. The largest absolute Gasteiger partial charge is 0.508 e. The number of carbonyl (C=O) groups is 4. The number of amides is 3. The normalized spacial score (nSPS) is 13.8. The van der Waals surface area contributed by atoms with Crippen molar-refractivity contribution < 1.29 is 34.5 Å². The molecule has 0 aliphatic carbocycles. The van der Waals surface area contributed by atoms with E-state index in [-0.39, 0.29) is 12.2 Å². The van der Waals surface area contributed by atoms with Crippen LogP contribution in [0.25, 0.3) is 0 Å². The summed E-state index contributed by atoms with van der Waals surface area (Å²) in [6.07, 6.45) is -0.0225. The molecule has 3 atom stereocenters. The van der Waals surface area contributed by atoms with E-state index in [9.17, 15) is 34.5 Å². The summed E-state index contributed by atoms with van der Waals surface area (Å²) in [7, 11) is 0. The number of hydrogen-bond donors (Lipinski definition) is 7. The molecule has 0 fully saturated rings. The van der Waals surface area contributed by atoms with E-state index in [2.05, 4.69) is 16.0 Å². The fourth-order valence-electron chi connectivity index (χ4n) is 2.56. The first-order valence-electron chi connectivity index (χ1n) is 9.30. The van der Waals surface area contributed by atoms with Crippen molar-refractivity contribution in [1.29, 1.82) is 0 Å². The quantitative estimate of drug-likeness (QED) is 0.214. The average molecular weight is 424 g/mol. The lowest BCUT2D eigenvalue weighted by Gasteiger charge is -2.25. The Morgan fingerprint density at radius 3 is 2.00 bits per heavy atom. The molecular formula is C19H28N4O7. The van der Waals surface area contributed by atoms with Crippen molar-refractivity contribution in [3.05, 3.63) is 29.8 Å². The topological polar surface area (TPSA) is 191 Å². The van der Waals surface area contributed by atoms with Gasteiger partial charge < -0.3 is 37.0 Å². The third-order valence-corrected chi connectivity index (χ3v) is 4.26. The summed E-state index contributed by atoms with van der Waals surface area (Å²) in [6, 6.07) is 2.17. The van der Waals surface area contributed by atoms with Gasteiger partial charge in [0.1, 0.15) is 23.9 Å². The van der Waals surface area contributed by atoms with Gasteiger partial charge in [-0.2, -0.15) is 0 Å². The summed E-state index contributed by atoms with van der Waals surface area (Å²) in [5.41, 5.74) is 5.76. The van der Waals surface area contributed by atoms with Crippen LogP contribution in [0.3, 0.4) is 0 Å². The minimum absolute atomic E-state index is 0.0133. The van der Waals surface area contributed by atoms with Gasteiger partial charge in [0, 0.05) is 6.42 Å². The lowest BCUT2D eigenvalue weighted by molar-refractivity contribution is -0.143. The fourth-order valence-corrected chi connectivity index (χ4v) is 2.56. The molecule has 0 saturated carbocycles. The third-order valence-electron chi connectivity index (χ3n) is 4.26. The van der Waals surface area contributed by atoms with E-state index >= 15 is 0 Å². The number of nitrogens with one attached hydrogen (secondary N) is 3. The molecular weight excluding hydrogens is 396 g/mol. The first-order valence-corrected chi connectivity index (χ1v) is 9.30. The molecule has 11 nitrogen and oxygen atoms in total. The number of phenolic OH excluding ortho intramolecular Hbond substituents is 1. The van der Waals surface area contributed by atoms with Crippen molar-refractivity contribution in [1.82, 2.24) is 16.0 Å². The van der Waals surface area contributed by atoms with Crippen LogP contribution >= 0.6 is 0 Å². The second-order valence-corrected chi connectivity index (χ2v) is 7.01. The lowest BCUT2D eigenvalue weighted by atomic mass is 10.0. The average Bonchev–Trinajstić information content (AvgIpc) is 2.70. The number of aliphatic hydroxyl groups is 1. The zero-order chi connectivity index (χ0) is 22.8. The van der Waals surface area contributed by atoms with E-state index in [0.29, 0.717) is 5.56 Å². The van der Waals surface area contributed by atoms with Crippen LogP contribution in [-0.2, 0) is 25.6 Å². The van der Waals surface area contributed by atoms with Gasteiger partial charge >= 0.3 is 5.97 Å². The van der Waals surface area contributed by atoms with Crippen LogP contribution in [0.5, 0.6) is 5.75 Å². The van der Waals surface area contributed by atoms with Gasteiger partial charge in [-0.25, -0.2) is 4.79 Å². The van der Waals surface area contributed by atoms with Crippen LogP contribution in [0.1, 0.15) is 19.4 Å². The van der Waals surface area contributed by atoms with E-state index in [1.54, 1.807) is 26.0 Å². The molecule has 0 bridgehead atoms. The summed E-state index contributed by atoms with van der Waals surface area (Å²) in [5.74, 6) is -3.88. The molecule has 0 aromatic heterocycles. The first-order chi connectivity index (χ1) is 14.1. The van der Waals surface area contributed by atoms with Gasteiger partial charge in [-0.15, -0.1) is 0 Å². The Balaban J connectivity index is 3.05. The Morgan fingerprint density at radius 2 is 1.53 bits per heavy atom. The molecule has 0 radical (unpaired) electrons. The maximum absolute atomic E-state index is 12.8. The highest BCUT2D eigenvalue weighted by Gasteiger charge is 2.30. The van der Waals surface area contributed by atoms with Crippen molar-refractivity contribution in [3.8, 4) is 5.75 Å². The van der Waals surface area contributed by atoms with E-state index in [1.807, 2.05) is 0 Å². The van der Waals surface area contributed by atoms with Crippen LogP contribution in [-0.4, -0.2) is 70.3 Å². The number of aliphatic hydroxyl groups excluding tert-OH is 1. The van der Waals surface area contributed by atoms with E-state index < -0.39 is 60.9 Å². The Morgan fingerprint density at radius 1 is 0.967 bits per heavy atom. The number of carbonyl (C=O) groups excluding carboxylic acids is 3. The molecule has 1 aromatic carbocycles. The van der Waals surface area contributed by atoms with Gasteiger partial charge in [0.2, 0.25) is 17.7 Å². The van der Waals surface area contributed by atoms with Crippen LogP contribution in [0, 0.1) is 5.92 Å². The lowest BCUT2D eigenvalue weighted by Crippen LogP contribution is -2.58. The Hall–Kier alpha value is -3.18. The van der Waals surface area contributed by atoms with Crippen LogP contribution in [0.4, 0.5) is 0 Å². The van der Waals surface area contributed by atoms with E-state index in [0.717, 1.165) is 0 Å². The summed E-state index contributed by atoms with van der Waals surface area (Å²) in [5, 5.41) is 35.1. The predicted molar refractivity (Wildman–Crippen MR) is 106 cm³/mol. The van der Waals surface area contributed by atoms with Gasteiger partial charge in [-0.1, -0.05) is 26.0 Å². The molecule has 166 valence electrons. The minimum atomic E-state index is -1.34. The second kappa shape index (κ2) is 11.7. The molecule has 30 heavy (non-hydrogen) atoms. The zero-order valence-electron chi connectivity index (χ0n) is 16.8. The fraction of sp³-hybridized carbons (Fsp3) is 0.474. The van der Waals surface area contributed by atoms with Crippen molar-refractivity contribution in [2.24, 2.45) is 11.7 Å². The molecule has 0 aliphatic heterocycles. The van der Waals surface area contributed by atoms with Crippen LogP contribution < -0.4 is 21.7 Å². The monoisotopic (exact) mass is 424 g/mol. The van der Waals surface area contributed by atoms with Crippen molar-refractivity contribution in [3.63, 3.8) is 0 Å². The van der Waals surface area contributed by atoms with Gasteiger partial charge in [-0.05, 0) is 23.6 Å². The number of rotatable bonds is 11. The summed E-state index contributed by atoms with van der Waals surface area (Å²) >= 11 is 0. The third kappa shape index (κ3) is 7.68. The van der Waals surface area contributed by atoms with Gasteiger partial charge in [-0.3, -0.25) is 14.4 Å². The predicted octanol–water partition coefficient (Wildman–Crippen LogP) is -1.92.